The number of aryl methyl sites for hydroxylation is 1. The van der Waals surface area contributed by atoms with Crippen LogP contribution in [0.25, 0.3) is 0 Å². The molecule has 1 aromatic carbocycles. The highest BCUT2D eigenvalue weighted by atomic mass is 16.3. The van der Waals surface area contributed by atoms with Gasteiger partial charge < -0.3 is 15.7 Å². The molecule has 110 valence electrons. The second kappa shape index (κ2) is 7.90. The molecule has 0 aromatic heterocycles. The molecule has 20 heavy (non-hydrogen) atoms. The molecule has 4 nitrogen and oxygen atoms in total. The third-order valence-electron chi connectivity index (χ3n) is 3.66. The normalized spacial score (nSPS) is 15.7. The van der Waals surface area contributed by atoms with Crippen LogP contribution in [0, 0.1) is 5.92 Å². The van der Waals surface area contributed by atoms with Crippen molar-refractivity contribution in [3.63, 3.8) is 0 Å². The lowest BCUT2D eigenvalue weighted by Crippen LogP contribution is -2.37. The molecule has 1 fully saturated rings. The average Bonchev–Trinajstić information content (AvgIpc) is 3.29. The molecule has 1 aliphatic carbocycles. The molecular weight excluding hydrogens is 252 g/mol. The Labute approximate surface area is 120 Å². The van der Waals surface area contributed by atoms with E-state index in [2.05, 4.69) is 22.8 Å². The van der Waals surface area contributed by atoms with Crippen LogP contribution in [0.15, 0.2) is 30.3 Å². The van der Waals surface area contributed by atoms with Gasteiger partial charge in [0.05, 0.1) is 6.10 Å². The molecule has 0 heterocycles. The van der Waals surface area contributed by atoms with Crippen molar-refractivity contribution in [1.29, 1.82) is 0 Å². The fourth-order valence-electron chi connectivity index (χ4n) is 2.25. The highest BCUT2D eigenvalue weighted by Crippen LogP contribution is 2.33. The molecule has 2 rings (SSSR count). The van der Waals surface area contributed by atoms with E-state index in [0.717, 1.165) is 25.7 Å². The Hall–Kier alpha value is -1.55. The molecule has 1 saturated carbocycles. The van der Waals surface area contributed by atoms with Gasteiger partial charge in [0.25, 0.3) is 0 Å². The van der Waals surface area contributed by atoms with Crippen molar-refractivity contribution in [3.05, 3.63) is 35.9 Å². The van der Waals surface area contributed by atoms with Crippen molar-refractivity contribution >= 4 is 6.03 Å². The first kappa shape index (κ1) is 14.9. The van der Waals surface area contributed by atoms with E-state index in [1.165, 1.54) is 5.56 Å². The summed E-state index contributed by atoms with van der Waals surface area (Å²) in [5, 5.41) is 15.3. The lowest BCUT2D eigenvalue weighted by atomic mass is 10.1. The molecule has 0 saturated heterocycles. The third kappa shape index (κ3) is 5.61. The minimum absolute atomic E-state index is 0.138. The Kier molecular flexibility index (Phi) is 5.87. The SMILES string of the molecule is O=C(NCCCc1ccccc1)NCCC(O)C1CC1. The monoisotopic (exact) mass is 276 g/mol. The van der Waals surface area contributed by atoms with Crippen LogP contribution in [0.1, 0.15) is 31.2 Å². The second-order valence-electron chi connectivity index (χ2n) is 5.47. The zero-order valence-corrected chi connectivity index (χ0v) is 11.8. The Morgan fingerprint density at radius 1 is 1.20 bits per heavy atom. The maximum atomic E-state index is 11.5. The minimum Gasteiger partial charge on any atom is -0.393 e. The lowest BCUT2D eigenvalue weighted by Gasteiger charge is -2.10. The summed E-state index contributed by atoms with van der Waals surface area (Å²) >= 11 is 0. The fourth-order valence-corrected chi connectivity index (χ4v) is 2.25. The van der Waals surface area contributed by atoms with Gasteiger partial charge in [-0.25, -0.2) is 4.79 Å². The quantitative estimate of drug-likeness (QED) is 0.637. The zero-order chi connectivity index (χ0) is 14.2. The van der Waals surface area contributed by atoms with Crippen molar-refractivity contribution < 1.29 is 9.90 Å². The van der Waals surface area contributed by atoms with Crippen molar-refractivity contribution in [2.24, 2.45) is 5.92 Å². The first-order chi connectivity index (χ1) is 9.75. The lowest BCUT2D eigenvalue weighted by molar-refractivity contribution is 0.141. The predicted molar refractivity (Wildman–Crippen MR) is 79.5 cm³/mol. The van der Waals surface area contributed by atoms with Crippen molar-refractivity contribution in [2.75, 3.05) is 13.1 Å². The largest absolute Gasteiger partial charge is 0.393 e. The van der Waals surface area contributed by atoms with E-state index in [1.54, 1.807) is 0 Å². The number of rotatable bonds is 8. The van der Waals surface area contributed by atoms with E-state index >= 15 is 0 Å². The predicted octanol–water partition coefficient (Wildman–Crippen LogP) is 2.08. The van der Waals surface area contributed by atoms with Gasteiger partial charge in [-0.05, 0) is 43.6 Å². The number of aliphatic hydroxyl groups excluding tert-OH is 1. The highest BCUT2D eigenvalue weighted by Gasteiger charge is 2.29. The molecule has 2 amide bonds. The van der Waals surface area contributed by atoms with Crippen LogP contribution in [0.5, 0.6) is 0 Å². The standard InChI is InChI=1S/C16H24N2O2/c19-15(14-8-9-14)10-12-18-16(20)17-11-4-7-13-5-2-1-3-6-13/h1-3,5-6,14-15,19H,4,7-12H2,(H2,17,18,20). The van der Waals surface area contributed by atoms with Gasteiger partial charge in [-0.1, -0.05) is 30.3 Å². The summed E-state index contributed by atoms with van der Waals surface area (Å²) in [6.07, 6.45) is 4.58. The van der Waals surface area contributed by atoms with E-state index in [9.17, 15) is 9.90 Å². The van der Waals surface area contributed by atoms with Crippen LogP contribution in [0.3, 0.4) is 0 Å². The number of hydrogen-bond donors (Lipinski definition) is 3. The number of amides is 2. The van der Waals surface area contributed by atoms with Crippen LogP contribution in [0.4, 0.5) is 4.79 Å². The van der Waals surface area contributed by atoms with Gasteiger partial charge in [0.15, 0.2) is 0 Å². The molecule has 1 unspecified atom stereocenters. The third-order valence-corrected chi connectivity index (χ3v) is 3.66. The molecule has 1 aliphatic rings. The van der Waals surface area contributed by atoms with Gasteiger partial charge in [-0.2, -0.15) is 0 Å². The van der Waals surface area contributed by atoms with Gasteiger partial charge in [-0.3, -0.25) is 0 Å². The molecule has 0 radical (unpaired) electrons. The second-order valence-corrected chi connectivity index (χ2v) is 5.47. The fraction of sp³-hybridized carbons (Fsp3) is 0.562. The van der Waals surface area contributed by atoms with Crippen molar-refractivity contribution in [2.45, 2.75) is 38.2 Å². The smallest absolute Gasteiger partial charge is 0.314 e. The Balaban J connectivity index is 1.47. The maximum absolute atomic E-state index is 11.5. The maximum Gasteiger partial charge on any atom is 0.314 e. The van der Waals surface area contributed by atoms with E-state index < -0.39 is 0 Å². The summed E-state index contributed by atoms with van der Waals surface area (Å²) in [6.45, 7) is 1.22. The summed E-state index contributed by atoms with van der Waals surface area (Å²) in [4.78, 5) is 11.5. The van der Waals surface area contributed by atoms with Gasteiger partial charge >= 0.3 is 6.03 Å². The van der Waals surface area contributed by atoms with Crippen LogP contribution in [-0.4, -0.2) is 30.3 Å². The van der Waals surface area contributed by atoms with Gasteiger partial charge in [0.1, 0.15) is 0 Å². The highest BCUT2D eigenvalue weighted by molar-refractivity contribution is 5.73. The van der Waals surface area contributed by atoms with E-state index in [-0.39, 0.29) is 12.1 Å². The Morgan fingerprint density at radius 3 is 2.60 bits per heavy atom. The molecule has 1 aromatic rings. The molecular formula is C16H24N2O2. The van der Waals surface area contributed by atoms with E-state index in [4.69, 9.17) is 0 Å². The first-order valence-corrected chi connectivity index (χ1v) is 7.49. The molecule has 0 aliphatic heterocycles. The number of aliphatic hydroxyl groups is 1. The van der Waals surface area contributed by atoms with E-state index in [0.29, 0.717) is 25.4 Å². The summed E-state index contributed by atoms with van der Waals surface area (Å²) in [7, 11) is 0. The zero-order valence-electron chi connectivity index (χ0n) is 11.8. The summed E-state index contributed by atoms with van der Waals surface area (Å²) in [5.41, 5.74) is 1.29. The Bertz CT molecular complexity index is 404. The topological polar surface area (TPSA) is 61.4 Å². The molecule has 0 spiro atoms. The molecule has 3 N–H and O–H groups in total. The molecule has 0 bridgehead atoms. The van der Waals surface area contributed by atoms with Gasteiger partial charge in [0, 0.05) is 13.1 Å². The van der Waals surface area contributed by atoms with Gasteiger partial charge in [0.2, 0.25) is 0 Å². The summed E-state index contributed by atoms with van der Waals surface area (Å²) in [5.74, 6) is 0.478. The summed E-state index contributed by atoms with van der Waals surface area (Å²) < 4.78 is 0. The van der Waals surface area contributed by atoms with Crippen LogP contribution in [0.2, 0.25) is 0 Å². The number of carbonyl (C=O) groups excluding carboxylic acids is 1. The number of carbonyl (C=O) groups is 1. The first-order valence-electron chi connectivity index (χ1n) is 7.49. The molecule has 1 atom stereocenters. The number of nitrogens with one attached hydrogen (secondary N) is 2. The van der Waals surface area contributed by atoms with Gasteiger partial charge in [-0.15, -0.1) is 0 Å². The van der Waals surface area contributed by atoms with Crippen molar-refractivity contribution in [3.8, 4) is 0 Å². The number of hydrogen-bond acceptors (Lipinski definition) is 2. The van der Waals surface area contributed by atoms with E-state index in [1.807, 2.05) is 18.2 Å². The summed E-state index contributed by atoms with van der Waals surface area (Å²) in [6, 6.07) is 10.1. The molecule has 4 heteroatoms. The average molecular weight is 276 g/mol. The van der Waals surface area contributed by atoms with Crippen LogP contribution >= 0.6 is 0 Å². The van der Waals surface area contributed by atoms with Crippen LogP contribution < -0.4 is 10.6 Å². The Morgan fingerprint density at radius 2 is 1.90 bits per heavy atom. The number of urea groups is 1. The minimum atomic E-state index is -0.242. The van der Waals surface area contributed by atoms with Crippen LogP contribution in [-0.2, 0) is 6.42 Å². The number of benzene rings is 1. The van der Waals surface area contributed by atoms with Crippen molar-refractivity contribution in [1.82, 2.24) is 10.6 Å².